The van der Waals surface area contributed by atoms with E-state index in [0.29, 0.717) is 23.2 Å². The lowest BCUT2D eigenvalue weighted by Gasteiger charge is -2.07. The van der Waals surface area contributed by atoms with Gasteiger partial charge in [0.25, 0.3) is 5.91 Å². The van der Waals surface area contributed by atoms with E-state index in [1.54, 1.807) is 17.9 Å². The summed E-state index contributed by atoms with van der Waals surface area (Å²) in [6.07, 6.45) is 2.34. The van der Waals surface area contributed by atoms with E-state index < -0.39 is 0 Å². The van der Waals surface area contributed by atoms with Crippen LogP contribution in [0.25, 0.3) is 0 Å². The number of amides is 1. The summed E-state index contributed by atoms with van der Waals surface area (Å²) in [5.74, 6) is -0.634. The number of nitrogens with zero attached hydrogens (tertiary/aromatic N) is 2. The maximum atomic E-state index is 13.3. The highest BCUT2D eigenvalue weighted by molar-refractivity contribution is 6.04. The SMILES string of the molecule is CCc1nn(C)cc1C(=O)Nc1ccc(F)c(CN)c1. The predicted molar refractivity (Wildman–Crippen MR) is 74.8 cm³/mol. The van der Waals surface area contributed by atoms with Crippen LogP contribution in [0.2, 0.25) is 0 Å². The van der Waals surface area contributed by atoms with Gasteiger partial charge < -0.3 is 11.1 Å². The second-order valence-electron chi connectivity index (χ2n) is 4.48. The van der Waals surface area contributed by atoms with E-state index in [-0.39, 0.29) is 18.3 Å². The molecule has 0 aliphatic rings. The van der Waals surface area contributed by atoms with Gasteiger partial charge in [0.15, 0.2) is 0 Å². The van der Waals surface area contributed by atoms with Crippen molar-refractivity contribution in [3.05, 3.63) is 47.0 Å². The molecule has 0 bridgehead atoms. The van der Waals surface area contributed by atoms with Gasteiger partial charge in [-0.1, -0.05) is 6.92 Å². The minimum atomic E-state index is -0.374. The quantitative estimate of drug-likeness (QED) is 0.894. The lowest BCUT2D eigenvalue weighted by Crippen LogP contribution is -2.13. The zero-order valence-electron chi connectivity index (χ0n) is 11.5. The number of hydrogen-bond acceptors (Lipinski definition) is 3. The summed E-state index contributed by atoms with van der Waals surface area (Å²) in [6.45, 7) is 2.02. The van der Waals surface area contributed by atoms with Gasteiger partial charge in [-0.15, -0.1) is 0 Å². The monoisotopic (exact) mass is 276 g/mol. The van der Waals surface area contributed by atoms with E-state index in [1.165, 1.54) is 18.2 Å². The minimum absolute atomic E-state index is 0.0860. The third-order valence-corrected chi connectivity index (χ3v) is 3.01. The first-order chi connectivity index (χ1) is 9.55. The maximum Gasteiger partial charge on any atom is 0.259 e. The molecule has 0 radical (unpaired) electrons. The third-order valence-electron chi connectivity index (χ3n) is 3.01. The van der Waals surface area contributed by atoms with Crippen LogP contribution < -0.4 is 11.1 Å². The topological polar surface area (TPSA) is 72.9 Å². The molecule has 2 aromatic rings. The van der Waals surface area contributed by atoms with E-state index >= 15 is 0 Å². The molecule has 0 atom stereocenters. The first-order valence-corrected chi connectivity index (χ1v) is 6.37. The van der Waals surface area contributed by atoms with E-state index in [4.69, 9.17) is 5.73 Å². The molecular formula is C14H17FN4O. The molecular weight excluding hydrogens is 259 g/mol. The molecule has 0 aliphatic heterocycles. The Morgan fingerprint density at radius 3 is 2.90 bits per heavy atom. The number of aromatic nitrogens is 2. The fourth-order valence-corrected chi connectivity index (χ4v) is 1.99. The average Bonchev–Trinajstić information content (AvgIpc) is 2.82. The van der Waals surface area contributed by atoms with Crippen molar-refractivity contribution in [2.45, 2.75) is 19.9 Å². The van der Waals surface area contributed by atoms with Crippen molar-refractivity contribution in [3.8, 4) is 0 Å². The van der Waals surface area contributed by atoms with Crippen molar-refractivity contribution >= 4 is 11.6 Å². The molecule has 1 heterocycles. The molecule has 3 N–H and O–H groups in total. The average molecular weight is 276 g/mol. The summed E-state index contributed by atoms with van der Waals surface area (Å²) in [7, 11) is 1.76. The van der Waals surface area contributed by atoms with E-state index in [9.17, 15) is 9.18 Å². The number of carbonyl (C=O) groups is 1. The Morgan fingerprint density at radius 2 is 2.25 bits per heavy atom. The first kappa shape index (κ1) is 14.2. The second kappa shape index (κ2) is 5.83. The normalized spacial score (nSPS) is 10.6. The minimum Gasteiger partial charge on any atom is -0.326 e. The van der Waals surface area contributed by atoms with Gasteiger partial charge in [0, 0.05) is 31.0 Å². The van der Waals surface area contributed by atoms with Gasteiger partial charge in [-0.25, -0.2) is 4.39 Å². The molecule has 1 aromatic carbocycles. The number of aryl methyl sites for hydroxylation is 2. The fourth-order valence-electron chi connectivity index (χ4n) is 1.99. The summed E-state index contributed by atoms with van der Waals surface area (Å²) in [5, 5.41) is 6.95. The van der Waals surface area contributed by atoms with Crippen molar-refractivity contribution in [1.82, 2.24) is 9.78 Å². The zero-order valence-corrected chi connectivity index (χ0v) is 11.5. The number of nitrogens with one attached hydrogen (secondary N) is 1. The van der Waals surface area contributed by atoms with Crippen LogP contribution in [-0.4, -0.2) is 15.7 Å². The van der Waals surface area contributed by atoms with Gasteiger partial charge in [-0.2, -0.15) is 5.10 Å². The molecule has 20 heavy (non-hydrogen) atoms. The summed E-state index contributed by atoms with van der Waals surface area (Å²) < 4.78 is 14.9. The fraction of sp³-hybridized carbons (Fsp3) is 0.286. The van der Waals surface area contributed by atoms with Gasteiger partial charge in [-0.3, -0.25) is 9.48 Å². The van der Waals surface area contributed by atoms with Gasteiger partial charge >= 0.3 is 0 Å². The van der Waals surface area contributed by atoms with Crippen LogP contribution in [0, 0.1) is 5.82 Å². The highest BCUT2D eigenvalue weighted by Gasteiger charge is 2.15. The number of anilines is 1. The number of nitrogens with two attached hydrogens (primary N) is 1. The van der Waals surface area contributed by atoms with Crippen LogP contribution in [0.3, 0.4) is 0 Å². The van der Waals surface area contributed by atoms with Crippen molar-refractivity contribution < 1.29 is 9.18 Å². The van der Waals surface area contributed by atoms with Crippen molar-refractivity contribution in [3.63, 3.8) is 0 Å². The smallest absolute Gasteiger partial charge is 0.259 e. The number of hydrogen-bond donors (Lipinski definition) is 2. The zero-order chi connectivity index (χ0) is 14.7. The van der Waals surface area contributed by atoms with Crippen LogP contribution in [0.5, 0.6) is 0 Å². The molecule has 0 fully saturated rings. The Morgan fingerprint density at radius 1 is 1.50 bits per heavy atom. The van der Waals surface area contributed by atoms with E-state index in [1.807, 2.05) is 6.92 Å². The largest absolute Gasteiger partial charge is 0.326 e. The first-order valence-electron chi connectivity index (χ1n) is 6.37. The van der Waals surface area contributed by atoms with E-state index in [0.717, 1.165) is 5.69 Å². The van der Waals surface area contributed by atoms with Crippen molar-refractivity contribution in [2.75, 3.05) is 5.32 Å². The Labute approximate surface area is 116 Å². The standard InChI is InChI=1S/C14H17FN4O/c1-3-13-11(8-19(2)18-13)14(20)17-10-4-5-12(15)9(6-10)7-16/h4-6,8H,3,7,16H2,1-2H3,(H,17,20). The Bertz CT molecular complexity index is 636. The highest BCUT2D eigenvalue weighted by Crippen LogP contribution is 2.16. The van der Waals surface area contributed by atoms with Crippen LogP contribution in [0.15, 0.2) is 24.4 Å². The lowest BCUT2D eigenvalue weighted by atomic mass is 10.1. The van der Waals surface area contributed by atoms with Gasteiger partial charge in [0.05, 0.1) is 11.3 Å². The Hall–Kier alpha value is -2.21. The lowest BCUT2D eigenvalue weighted by molar-refractivity contribution is 0.102. The number of halogens is 1. The highest BCUT2D eigenvalue weighted by atomic mass is 19.1. The summed E-state index contributed by atoms with van der Waals surface area (Å²) in [6, 6.07) is 4.34. The van der Waals surface area contributed by atoms with Crippen LogP contribution in [0.1, 0.15) is 28.5 Å². The molecule has 0 saturated carbocycles. The number of benzene rings is 1. The molecule has 0 aliphatic carbocycles. The van der Waals surface area contributed by atoms with Crippen LogP contribution in [-0.2, 0) is 20.0 Å². The van der Waals surface area contributed by atoms with Crippen molar-refractivity contribution in [1.29, 1.82) is 0 Å². The van der Waals surface area contributed by atoms with Crippen LogP contribution in [0.4, 0.5) is 10.1 Å². The van der Waals surface area contributed by atoms with Gasteiger partial charge in [0.1, 0.15) is 5.82 Å². The molecule has 0 saturated heterocycles. The van der Waals surface area contributed by atoms with Gasteiger partial charge in [-0.05, 0) is 24.6 Å². The van der Waals surface area contributed by atoms with E-state index in [2.05, 4.69) is 10.4 Å². The summed E-state index contributed by atoms with van der Waals surface area (Å²) in [5.41, 5.74) is 7.58. The molecule has 0 unspecified atom stereocenters. The molecule has 5 nitrogen and oxygen atoms in total. The third kappa shape index (κ3) is 2.85. The summed E-state index contributed by atoms with van der Waals surface area (Å²) in [4.78, 5) is 12.2. The predicted octanol–water partition coefficient (Wildman–Crippen LogP) is 1.83. The molecule has 0 spiro atoms. The molecule has 1 amide bonds. The van der Waals surface area contributed by atoms with Crippen LogP contribution >= 0.6 is 0 Å². The molecule has 106 valence electrons. The summed E-state index contributed by atoms with van der Waals surface area (Å²) >= 11 is 0. The van der Waals surface area contributed by atoms with Crippen molar-refractivity contribution in [2.24, 2.45) is 12.8 Å². The molecule has 2 rings (SSSR count). The molecule has 1 aromatic heterocycles. The number of carbonyl (C=O) groups excluding carboxylic acids is 1. The molecule has 6 heteroatoms. The maximum absolute atomic E-state index is 13.3. The van der Waals surface area contributed by atoms with Gasteiger partial charge in [0.2, 0.25) is 0 Å². The number of rotatable bonds is 4. The second-order valence-corrected chi connectivity index (χ2v) is 4.48. The Balaban J connectivity index is 2.23. The Kier molecular flexibility index (Phi) is 4.14.